The van der Waals surface area contributed by atoms with Crippen LogP contribution in [0.25, 0.3) is 0 Å². The van der Waals surface area contributed by atoms with Crippen LogP contribution in [0.4, 0.5) is 5.00 Å². The highest BCUT2D eigenvalue weighted by molar-refractivity contribution is 7.16. The van der Waals surface area contributed by atoms with Gasteiger partial charge in [0.1, 0.15) is 22.6 Å². The molecule has 2 amide bonds. The van der Waals surface area contributed by atoms with Gasteiger partial charge in [-0.15, -0.1) is 11.3 Å². The van der Waals surface area contributed by atoms with E-state index < -0.39 is 11.8 Å². The molecule has 9 heteroatoms. The lowest BCUT2D eigenvalue weighted by Crippen LogP contribution is -2.32. The number of thiophene rings is 1. The molecule has 0 radical (unpaired) electrons. The van der Waals surface area contributed by atoms with Gasteiger partial charge in [-0.25, -0.2) is 5.43 Å². The maximum Gasteiger partial charge on any atom is 0.329 e. The number of nitriles is 1. The number of carbonyl (C=O) groups is 2. The molecule has 2 aromatic rings. The van der Waals surface area contributed by atoms with Gasteiger partial charge in [-0.05, 0) is 56.4 Å². The van der Waals surface area contributed by atoms with E-state index in [-0.39, 0.29) is 0 Å². The van der Waals surface area contributed by atoms with Crippen molar-refractivity contribution in [2.45, 2.75) is 32.6 Å². The highest BCUT2D eigenvalue weighted by Crippen LogP contribution is 2.37. The Balaban J connectivity index is 1.66. The van der Waals surface area contributed by atoms with Crippen molar-refractivity contribution in [2.75, 3.05) is 19.0 Å². The minimum Gasteiger partial charge on any atom is -0.496 e. The van der Waals surface area contributed by atoms with E-state index >= 15 is 0 Å². The molecule has 0 atom stereocenters. The van der Waals surface area contributed by atoms with Crippen LogP contribution in [0.2, 0.25) is 0 Å². The number of anilines is 1. The second-order valence-electron chi connectivity index (χ2n) is 6.52. The van der Waals surface area contributed by atoms with Gasteiger partial charge < -0.3 is 14.8 Å². The van der Waals surface area contributed by atoms with Crippen LogP contribution in [0.3, 0.4) is 0 Å². The van der Waals surface area contributed by atoms with Crippen LogP contribution in [-0.4, -0.2) is 31.7 Å². The van der Waals surface area contributed by atoms with E-state index in [1.165, 1.54) is 24.7 Å². The van der Waals surface area contributed by atoms with Crippen molar-refractivity contribution in [3.05, 3.63) is 39.8 Å². The van der Waals surface area contributed by atoms with Gasteiger partial charge in [0.25, 0.3) is 0 Å². The topological polar surface area (TPSA) is 113 Å². The fourth-order valence-electron chi connectivity index (χ4n) is 3.21. The van der Waals surface area contributed by atoms with E-state index in [0.717, 1.165) is 36.1 Å². The van der Waals surface area contributed by atoms with Crippen molar-refractivity contribution in [1.82, 2.24) is 5.43 Å². The van der Waals surface area contributed by atoms with Crippen molar-refractivity contribution >= 4 is 34.4 Å². The van der Waals surface area contributed by atoms with Crippen molar-refractivity contribution in [1.29, 1.82) is 5.26 Å². The molecule has 0 saturated carbocycles. The molecule has 8 nitrogen and oxygen atoms in total. The third-order valence-corrected chi connectivity index (χ3v) is 5.81. The molecule has 1 aromatic heterocycles. The molecular formula is C21H22N4O4S. The monoisotopic (exact) mass is 426 g/mol. The van der Waals surface area contributed by atoms with Crippen molar-refractivity contribution in [3.63, 3.8) is 0 Å². The number of benzene rings is 1. The number of nitrogens with one attached hydrogen (secondary N) is 2. The summed E-state index contributed by atoms with van der Waals surface area (Å²) in [6.07, 6.45) is 5.17. The van der Waals surface area contributed by atoms with Crippen LogP contribution in [0.15, 0.2) is 23.3 Å². The zero-order valence-corrected chi connectivity index (χ0v) is 17.6. The molecule has 1 aromatic carbocycles. The van der Waals surface area contributed by atoms with Gasteiger partial charge >= 0.3 is 11.8 Å². The molecule has 0 saturated heterocycles. The second-order valence-corrected chi connectivity index (χ2v) is 7.62. The minimum absolute atomic E-state index is 0.416. The standard InChI is InChI=1S/C21H22N4O4S/c1-3-29-14-8-9-17(28-2)13(10-14)12-23-25-20(27)19(26)24-21-16(11-22)15-6-4-5-7-18(15)30-21/h8-10,12H,3-7H2,1-2H3,(H,24,26)(H,25,27). The van der Waals surface area contributed by atoms with E-state index in [1.54, 1.807) is 18.2 Å². The summed E-state index contributed by atoms with van der Waals surface area (Å²) in [4.78, 5) is 25.5. The first-order valence-corrected chi connectivity index (χ1v) is 10.4. The maximum atomic E-state index is 12.3. The van der Waals surface area contributed by atoms with Gasteiger partial charge in [0.05, 0.1) is 25.5 Å². The molecule has 156 valence electrons. The Labute approximate surface area is 178 Å². The summed E-state index contributed by atoms with van der Waals surface area (Å²) in [5.41, 5.74) is 4.23. The van der Waals surface area contributed by atoms with Gasteiger partial charge in [0, 0.05) is 10.4 Å². The third-order valence-electron chi connectivity index (χ3n) is 4.60. The number of rotatable bonds is 6. The van der Waals surface area contributed by atoms with Crippen LogP contribution in [0.1, 0.15) is 41.3 Å². The normalized spacial score (nSPS) is 12.7. The first-order chi connectivity index (χ1) is 14.6. The lowest BCUT2D eigenvalue weighted by atomic mass is 9.96. The lowest BCUT2D eigenvalue weighted by molar-refractivity contribution is -0.136. The number of fused-ring (bicyclic) bond motifs is 1. The Kier molecular flexibility index (Phi) is 7.03. The van der Waals surface area contributed by atoms with Gasteiger partial charge in [-0.3, -0.25) is 9.59 Å². The molecule has 0 unspecified atom stereocenters. The number of methoxy groups -OCH3 is 1. The fraction of sp³-hybridized carbons (Fsp3) is 0.333. The largest absolute Gasteiger partial charge is 0.496 e. The van der Waals surface area contributed by atoms with Crippen LogP contribution in [0.5, 0.6) is 11.5 Å². The Morgan fingerprint density at radius 1 is 1.30 bits per heavy atom. The average Bonchev–Trinajstić information content (AvgIpc) is 3.11. The van der Waals surface area contributed by atoms with Crippen molar-refractivity contribution < 1.29 is 19.1 Å². The van der Waals surface area contributed by atoms with Crippen LogP contribution < -0.4 is 20.2 Å². The number of hydrogen-bond donors (Lipinski definition) is 2. The average molecular weight is 426 g/mol. The van der Waals surface area contributed by atoms with E-state index in [4.69, 9.17) is 9.47 Å². The number of nitrogens with zero attached hydrogens (tertiary/aromatic N) is 2. The number of carbonyl (C=O) groups excluding carboxylic acids is 2. The van der Waals surface area contributed by atoms with E-state index in [9.17, 15) is 14.9 Å². The summed E-state index contributed by atoms with van der Waals surface area (Å²) in [6, 6.07) is 7.35. The predicted octanol–water partition coefficient (Wildman–Crippen LogP) is 2.99. The van der Waals surface area contributed by atoms with E-state index in [1.807, 2.05) is 6.92 Å². The van der Waals surface area contributed by atoms with Crippen LogP contribution in [0, 0.1) is 11.3 Å². The number of hydrogen-bond acceptors (Lipinski definition) is 7. The highest BCUT2D eigenvalue weighted by Gasteiger charge is 2.23. The molecular weight excluding hydrogens is 404 g/mol. The molecule has 0 spiro atoms. The zero-order chi connectivity index (χ0) is 21.5. The van der Waals surface area contributed by atoms with Crippen molar-refractivity contribution in [2.24, 2.45) is 5.10 Å². The molecule has 30 heavy (non-hydrogen) atoms. The molecule has 0 aliphatic heterocycles. The molecule has 3 rings (SSSR count). The maximum absolute atomic E-state index is 12.3. The minimum atomic E-state index is -0.929. The van der Waals surface area contributed by atoms with Gasteiger partial charge in [-0.2, -0.15) is 10.4 Å². The lowest BCUT2D eigenvalue weighted by Gasteiger charge is -2.09. The first kappa shape index (κ1) is 21.3. The molecule has 1 heterocycles. The SMILES string of the molecule is CCOc1ccc(OC)c(C=NNC(=O)C(=O)Nc2sc3c(c2C#N)CCCC3)c1. The summed E-state index contributed by atoms with van der Waals surface area (Å²) in [5.74, 6) is -0.628. The van der Waals surface area contributed by atoms with Crippen LogP contribution >= 0.6 is 11.3 Å². The smallest absolute Gasteiger partial charge is 0.329 e. The summed E-state index contributed by atoms with van der Waals surface area (Å²) in [5, 5.41) is 16.2. The summed E-state index contributed by atoms with van der Waals surface area (Å²) in [6.45, 7) is 2.38. The quantitative estimate of drug-likeness (QED) is 0.419. The molecule has 0 fully saturated rings. The van der Waals surface area contributed by atoms with Crippen LogP contribution in [-0.2, 0) is 22.4 Å². The number of amides is 2. The molecule has 1 aliphatic carbocycles. The van der Waals surface area contributed by atoms with E-state index in [2.05, 4.69) is 21.9 Å². The Morgan fingerprint density at radius 2 is 2.10 bits per heavy atom. The predicted molar refractivity (Wildman–Crippen MR) is 114 cm³/mol. The first-order valence-electron chi connectivity index (χ1n) is 9.57. The molecule has 1 aliphatic rings. The zero-order valence-electron chi connectivity index (χ0n) is 16.8. The van der Waals surface area contributed by atoms with Gasteiger partial charge in [0.15, 0.2) is 0 Å². The third kappa shape index (κ3) is 4.78. The Bertz CT molecular complexity index is 1020. The summed E-state index contributed by atoms with van der Waals surface area (Å²) < 4.78 is 10.7. The van der Waals surface area contributed by atoms with E-state index in [0.29, 0.717) is 34.2 Å². The second kappa shape index (κ2) is 9.89. The fourth-order valence-corrected chi connectivity index (χ4v) is 4.45. The number of aryl methyl sites for hydroxylation is 1. The Morgan fingerprint density at radius 3 is 2.83 bits per heavy atom. The van der Waals surface area contributed by atoms with Crippen molar-refractivity contribution in [3.8, 4) is 17.6 Å². The highest BCUT2D eigenvalue weighted by atomic mass is 32.1. The molecule has 2 N–H and O–H groups in total. The van der Waals surface area contributed by atoms with Gasteiger partial charge in [0.2, 0.25) is 0 Å². The molecule has 0 bridgehead atoms. The van der Waals surface area contributed by atoms with Gasteiger partial charge in [-0.1, -0.05) is 0 Å². The number of ether oxygens (including phenoxy) is 2. The summed E-state index contributed by atoms with van der Waals surface area (Å²) >= 11 is 1.36. The number of hydrazone groups is 1. The summed E-state index contributed by atoms with van der Waals surface area (Å²) in [7, 11) is 1.52. The Hall–Kier alpha value is -3.38.